The highest BCUT2D eigenvalue weighted by molar-refractivity contribution is 6.13. The molecule has 3 heteroatoms. The maximum atomic E-state index is 6.30. The first-order chi connectivity index (χ1) is 30.2. The van der Waals surface area contributed by atoms with Crippen LogP contribution in [0.15, 0.2) is 235 Å². The van der Waals surface area contributed by atoms with Gasteiger partial charge in [0.1, 0.15) is 11.2 Å². The van der Waals surface area contributed by atoms with E-state index in [4.69, 9.17) is 4.42 Å². The van der Waals surface area contributed by atoms with E-state index < -0.39 is 0 Å². The summed E-state index contributed by atoms with van der Waals surface area (Å²) in [6.07, 6.45) is 0. The van der Waals surface area contributed by atoms with E-state index in [1.54, 1.807) is 0 Å². The van der Waals surface area contributed by atoms with E-state index in [1.807, 2.05) is 12.1 Å². The molecule has 0 amide bonds. The van der Waals surface area contributed by atoms with Gasteiger partial charge in [0, 0.05) is 44.3 Å². The van der Waals surface area contributed by atoms with Crippen molar-refractivity contribution < 1.29 is 4.42 Å². The van der Waals surface area contributed by atoms with Crippen LogP contribution in [0.1, 0.15) is 0 Å². The van der Waals surface area contributed by atoms with Crippen molar-refractivity contribution in [3.05, 3.63) is 231 Å². The molecular weight excluding hydrogens is 741 g/mol. The van der Waals surface area contributed by atoms with E-state index in [9.17, 15) is 0 Å². The van der Waals surface area contributed by atoms with Gasteiger partial charge in [-0.3, -0.25) is 0 Å². The number of para-hydroxylation sites is 3. The molecule has 2 aromatic heterocycles. The molecular formula is C58H38N2O. The van der Waals surface area contributed by atoms with Gasteiger partial charge >= 0.3 is 0 Å². The minimum absolute atomic E-state index is 0.892. The summed E-state index contributed by atoms with van der Waals surface area (Å²) in [6, 6.07) is 83.0. The Morgan fingerprint density at radius 1 is 0.328 bits per heavy atom. The lowest BCUT2D eigenvalue weighted by molar-refractivity contribution is 0.669. The predicted octanol–water partition coefficient (Wildman–Crippen LogP) is 16.3. The number of hydrogen-bond acceptors (Lipinski definition) is 2. The molecule has 286 valence electrons. The maximum absolute atomic E-state index is 6.30. The topological polar surface area (TPSA) is 21.3 Å². The van der Waals surface area contributed by atoms with Crippen molar-refractivity contribution in [1.29, 1.82) is 0 Å². The van der Waals surface area contributed by atoms with Gasteiger partial charge in [-0.2, -0.15) is 0 Å². The molecule has 0 N–H and O–H groups in total. The van der Waals surface area contributed by atoms with Gasteiger partial charge in [0.25, 0.3) is 0 Å². The van der Waals surface area contributed by atoms with Crippen LogP contribution in [0.25, 0.3) is 93.6 Å². The highest BCUT2D eigenvalue weighted by atomic mass is 16.3. The summed E-state index contributed by atoms with van der Waals surface area (Å²) in [6.45, 7) is 0. The molecule has 0 unspecified atom stereocenters. The molecule has 0 atom stereocenters. The molecule has 0 aliphatic heterocycles. The van der Waals surface area contributed by atoms with Crippen molar-refractivity contribution in [1.82, 2.24) is 4.57 Å². The third-order valence-electron chi connectivity index (χ3n) is 12.2. The molecule has 0 fully saturated rings. The number of benzene rings is 10. The zero-order chi connectivity index (χ0) is 40.3. The molecule has 0 aliphatic rings. The molecule has 0 bridgehead atoms. The van der Waals surface area contributed by atoms with Crippen molar-refractivity contribution in [2.24, 2.45) is 0 Å². The number of anilines is 3. The second-order valence-electron chi connectivity index (χ2n) is 15.7. The molecule has 0 saturated carbocycles. The van der Waals surface area contributed by atoms with Gasteiger partial charge in [0.2, 0.25) is 0 Å². The van der Waals surface area contributed by atoms with Crippen LogP contribution in [0.2, 0.25) is 0 Å². The smallest absolute Gasteiger partial charge is 0.136 e. The van der Waals surface area contributed by atoms with Crippen LogP contribution in [0.5, 0.6) is 0 Å². The average molecular weight is 779 g/mol. The molecule has 61 heavy (non-hydrogen) atoms. The van der Waals surface area contributed by atoms with Crippen molar-refractivity contribution in [3.63, 3.8) is 0 Å². The molecule has 0 saturated heterocycles. The van der Waals surface area contributed by atoms with E-state index in [1.165, 1.54) is 49.3 Å². The van der Waals surface area contributed by atoms with Gasteiger partial charge in [0.05, 0.1) is 11.0 Å². The molecule has 0 aliphatic carbocycles. The van der Waals surface area contributed by atoms with Crippen LogP contribution in [-0.4, -0.2) is 4.57 Å². The van der Waals surface area contributed by atoms with Crippen molar-refractivity contribution >= 4 is 71.6 Å². The Bertz CT molecular complexity index is 3540. The quantitative estimate of drug-likeness (QED) is 0.161. The fourth-order valence-corrected chi connectivity index (χ4v) is 9.27. The van der Waals surface area contributed by atoms with Gasteiger partial charge in [-0.1, -0.05) is 152 Å². The third-order valence-corrected chi connectivity index (χ3v) is 12.2. The molecule has 0 spiro atoms. The summed E-state index contributed by atoms with van der Waals surface area (Å²) in [5.74, 6) is 0. The summed E-state index contributed by atoms with van der Waals surface area (Å²) in [5.41, 5.74) is 15.6. The number of fused-ring (bicyclic) bond motifs is 7. The first kappa shape index (κ1) is 34.9. The van der Waals surface area contributed by atoms with E-state index in [2.05, 4.69) is 228 Å². The summed E-state index contributed by atoms with van der Waals surface area (Å²) < 4.78 is 8.68. The predicted molar refractivity (Wildman–Crippen MR) is 257 cm³/mol. The standard InChI is InChI=1S/C58H38N2O/c1-2-13-42-36-44(27-26-39(42)12-1)41-30-34-47(35-31-41)59(48-16-10-15-45(38-48)50-21-11-25-57-58(50)53-20-5-8-24-56(53)61-57)46-32-28-40(29-33-46)43-14-9-17-49(37-43)60-54-22-6-3-18-51(54)52-19-4-7-23-55(52)60/h1-38H. The van der Waals surface area contributed by atoms with E-state index in [-0.39, 0.29) is 0 Å². The van der Waals surface area contributed by atoms with Gasteiger partial charge in [-0.25, -0.2) is 0 Å². The van der Waals surface area contributed by atoms with Gasteiger partial charge < -0.3 is 13.9 Å². The molecule has 0 radical (unpaired) electrons. The van der Waals surface area contributed by atoms with Crippen molar-refractivity contribution in [3.8, 4) is 39.1 Å². The molecule has 3 nitrogen and oxygen atoms in total. The Labute approximate surface area is 353 Å². The monoisotopic (exact) mass is 778 g/mol. The molecule has 2 heterocycles. The summed E-state index contributed by atoms with van der Waals surface area (Å²) in [7, 11) is 0. The van der Waals surface area contributed by atoms with Crippen LogP contribution in [0, 0.1) is 0 Å². The van der Waals surface area contributed by atoms with Crippen LogP contribution in [0.4, 0.5) is 17.1 Å². The molecule has 10 aromatic carbocycles. The first-order valence-corrected chi connectivity index (χ1v) is 20.8. The second kappa shape index (κ2) is 14.3. The summed E-state index contributed by atoms with van der Waals surface area (Å²) >= 11 is 0. The SMILES string of the molecule is c1cc(-c2cccc3oc4ccccc4c23)cc(N(c2ccc(-c3cccc(-n4c5ccccc5c5ccccc54)c3)cc2)c2ccc(-c3ccc4ccccc4c3)cc2)c1. The third kappa shape index (κ3) is 5.98. The lowest BCUT2D eigenvalue weighted by Gasteiger charge is -2.26. The lowest BCUT2D eigenvalue weighted by Crippen LogP contribution is -2.10. The highest BCUT2D eigenvalue weighted by Gasteiger charge is 2.18. The average Bonchev–Trinajstić information content (AvgIpc) is 3.88. The van der Waals surface area contributed by atoms with E-state index in [0.29, 0.717) is 0 Å². The number of aromatic nitrogens is 1. The van der Waals surface area contributed by atoms with E-state index in [0.717, 1.165) is 61.4 Å². The maximum Gasteiger partial charge on any atom is 0.136 e. The Morgan fingerprint density at radius 3 is 1.62 bits per heavy atom. The minimum atomic E-state index is 0.892. The fraction of sp³-hybridized carbons (Fsp3) is 0. The van der Waals surface area contributed by atoms with Gasteiger partial charge in [0.15, 0.2) is 0 Å². The Kier molecular flexibility index (Phi) is 8.17. The van der Waals surface area contributed by atoms with Crippen LogP contribution in [0.3, 0.4) is 0 Å². The Hall–Kier alpha value is -8.14. The summed E-state index contributed by atoms with van der Waals surface area (Å²) in [5, 5.41) is 7.26. The largest absolute Gasteiger partial charge is 0.456 e. The van der Waals surface area contributed by atoms with Gasteiger partial charge in [-0.15, -0.1) is 0 Å². The zero-order valence-corrected chi connectivity index (χ0v) is 33.2. The minimum Gasteiger partial charge on any atom is -0.456 e. The first-order valence-electron chi connectivity index (χ1n) is 20.8. The second-order valence-corrected chi connectivity index (χ2v) is 15.7. The normalized spacial score (nSPS) is 11.6. The zero-order valence-electron chi connectivity index (χ0n) is 33.2. The van der Waals surface area contributed by atoms with Gasteiger partial charge in [-0.05, 0) is 123 Å². The Morgan fingerprint density at radius 2 is 0.885 bits per heavy atom. The van der Waals surface area contributed by atoms with Crippen LogP contribution >= 0.6 is 0 Å². The van der Waals surface area contributed by atoms with Crippen LogP contribution < -0.4 is 4.90 Å². The number of nitrogens with zero attached hydrogens (tertiary/aromatic N) is 2. The molecule has 12 aromatic rings. The number of rotatable bonds is 7. The lowest BCUT2D eigenvalue weighted by atomic mass is 9.98. The van der Waals surface area contributed by atoms with E-state index >= 15 is 0 Å². The van der Waals surface area contributed by atoms with Crippen molar-refractivity contribution in [2.45, 2.75) is 0 Å². The molecule has 12 rings (SSSR count). The summed E-state index contributed by atoms with van der Waals surface area (Å²) in [4.78, 5) is 2.36. The van der Waals surface area contributed by atoms with Crippen molar-refractivity contribution in [2.75, 3.05) is 4.90 Å². The number of furan rings is 1. The highest BCUT2D eigenvalue weighted by Crippen LogP contribution is 2.42. The van der Waals surface area contributed by atoms with Crippen LogP contribution in [-0.2, 0) is 0 Å². The number of hydrogen-bond donors (Lipinski definition) is 0. The fourth-order valence-electron chi connectivity index (χ4n) is 9.27. The Balaban J connectivity index is 0.956.